The number of carbonyl (C=O) groups is 2. The second-order valence-corrected chi connectivity index (χ2v) is 12.6. The van der Waals surface area contributed by atoms with Crippen molar-refractivity contribution in [2.24, 2.45) is 23.7 Å². The van der Waals surface area contributed by atoms with Crippen molar-refractivity contribution in [2.75, 3.05) is 47.9 Å². The van der Waals surface area contributed by atoms with Crippen LogP contribution in [-0.2, 0) is 19.1 Å². The molecule has 2 rings (SSSR count). The average Bonchev–Trinajstić information content (AvgIpc) is 3.31. The third-order valence-corrected chi connectivity index (χ3v) is 9.46. The molecule has 0 spiro atoms. The van der Waals surface area contributed by atoms with Crippen molar-refractivity contribution in [1.29, 1.82) is 0 Å². The molecule has 0 saturated carbocycles. The number of hydrogen-bond acceptors (Lipinski definition) is 6. The van der Waals surface area contributed by atoms with Crippen LogP contribution < -0.4 is 10.6 Å². The molecule has 2 N–H and O–H groups in total. The van der Waals surface area contributed by atoms with Crippen LogP contribution in [0, 0.1) is 23.7 Å². The van der Waals surface area contributed by atoms with Gasteiger partial charge in [-0.3, -0.25) is 14.5 Å². The molecule has 0 aromatic heterocycles. The Morgan fingerprint density at radius 1 is 1.05 bits per heavy atom. The quantitative estimate of drug-likeness (QED) is 0.247. The summed E-state index contributed by atoms with van der Waals surface area (Å²) in [6.45, 7) is 13.0. The Labute approximate surface area is 256 Å². The number of ether oxygens (including phenoxy) is 2. The lowest BCUT2D eigenvalue weighted by Crippen LogP contribution is -2.54. The number of allylic oxidation sites excluding steroid dienone is 6. The van der Waals surface area contributed by atoms with E-state index >= 15 is 0 Å². The van der Waals surface area contributed by atoms with Gasteiger partial charge in [0.25, 0.3) is 0 Å². The summed E-state index contributed by atoms with van der Waals surface area (Å²) >= 11 is 0. The van der Waals surface area contributed by atoms with E-state index in [2.05, 4.69) is 62.4 Å². The number of likely N-dealkylation sites (tertiary alicyclic amines) is 1. The van der Waals surface area contributed by atoms with Gasteiger partial charge in [-0.15, -0.1) is 0 Å². The standard InChI is InChI=1S/C34H60N4O4/c1-10-25(4)32(37(7)23-28(35-6)24(2)3)30(41-8)22-31(39)38-21-15-18-29(38)33(42-9)26(5)34(40)36-20-19-27-16-13-11-12-14-17-27/h11-14,16-17,24-30,32-33,35H,10,15,18-23H2,1-9H3,(H,36,40). The van der Waals surface area contributed by atoms with Gasteiger partial charge in [0.05, 0.1) is 30.6 Å². The second kappa shape index (κ2) is 18.6. The van der Waals surface area contributed by atoms with Crippen LogP contribution in [0.5, 0.6) is 0 Å². The van der Waals surface area contributed by atoms with Crippen LogP contribution in [0.3, 0.4) is 0 Å². The monoisotopic (exact) mass is 588 g/mol. The van der Waals surface area contributed by atoms with E-state index in [0.717, 1.165) is 32.2 Å². The molecule has 7 unspecified atom stereocenters. The molecule has 42 heavy (non-hydrogen) atoms. The van der Waals surface area contributed by atoms with Gasteiger partial charge in [0.2, 0.25) is 11.8 Å². The van der Waals surface area contributed by atoms with E-state index in [-0.39, 0.29) is 42.0 Å². The first-order valence-electron chi connectivity index (χ1n) is 16.1. The molecule has 0 aromatic rings. The minimum absolute atomic E-state index is 0.0293. The number of nitrogens with zero attached hydrogens (tertiary/aromatic N) is 2. The SMILES string of the molecule is CCC(C)C(C(CC(=O)N1CCCC1C(OC)C(C)C(=O)NCCC1C=CC=CC=C1)OC)N(C)CC(NC)C(C)C. The van der Waals surface area contributed by atoms with Gasteiger partial charge in [0.1, 0.15) is 0 Å². The fourth-order valence-electron chi connectivity index (χ4n) is 6.64. The van der Waals surface area contributed by atoms with Gasteiger partial charge in [-0.25, -0.2) is 0 Å². The van der Waals surface area contributed by atoms with Crippen molar-refractivity contribution < 1.29 is 19.1 Å². The summed E-state index contributed by atoms with van der Waals surface area (Å²) in [5.74, 6) is 0.840. The van der Waals surface area contributed by atoms with Crippen LogP contribution in [0.1, 0.15) is 66.7 Å². The van der Waals surface area contributed by atoms with Gasteiger partial charge in [0.15, 0.2) is 0 Å². The van der Waals surface area contributed by atoms with Crippen molar-refractivity contribution in [3.8, 4) is 0 Å². The van der Waals surface area contributed by atoms with E-state index in [1.54, 1.807) is 14.2 Å². The highest BCUT2D eigenvalue weighted by atomic mass is 16.5. The maximum absolute atomic E-state index is 13.9. The molecule has 2 aliphatic rings. The summed E-state index contributed by atoms with van der Waals surface area (Å²) < 4.78 is 12.0. The molecule has 1 aliphatic carbocycles. The van der Waals surface area contributed by atoms with Gasteiger partial charge in [-0.05, 0) is 51.1 Å². The minimum atomic E-state index is -0.373. The lowest BCUT2D eigenvalue weighted by molar-refractivity contribution is -0.143. The molecule has 1 saturated heterocycles. The smallest absolute Gasteiger partial charge is 0.225 e. The maximum atomic E-state index is 13.9. The van der Waals surface area contributed by atoms with Gasteiger partial charge >= 0.3 is 0 Å². The van der Waals surface area contributed by atoms with Crippen LogP contribution >= 0.6 is 0 Å². The Hall–Kier alpha value is -2.00. The zero-order valence-corrected chi connectivity index (χ0v) is 27.8. The molecule has 240 valence electrons. The molecular formula is C34H60N4O4. The topological polar surface area (TPSA) is 83.1 Å². The number of rotatable bonds is 18. The number of hydrogen-bond donors (Lipinski definition) is 2. The summed E-state index contributed by atoms with van der Waals surface area (Å²) in [6, 6.07) is 0.329. The Morgan fingerprint density at radius 2 is 1.71 bits per heavy atom. The molecule has 2 amide bonds. The van der Waals surface area contributed by atoms with Gasteiger partial charge < -0.3 is 25.0 Å². The lowest BCUT2D eigenvalue weighted by atomic mass is 9.89. The number of nitrogens with one attached hydrogen (secondary N) is 2. The van der Waals surface area contributed by atoms with Crippen molar-refractivity contribution in [1.82, 2.24) is 20.4 Å². The summed E-state index contributed by atoms with van der Waals surface area (Å²) in [6.07, 6.45) is 15.7. The van der Waals surface area contributed by atoms with Crippen molar-refractivity contribution >= 4 is 11.8 Å². The van der Waals surface area contributed by atoms with E-state index in [9.17, 15) is 9.59 Å². The summed E-state index contributed by atoms with van der Waals surface area (Å²) in [4.78, 5) is 31.4. The molecule has 8 heteroatoms. The van der Waals surface area contributed by atoms with Gasteiger partial charge in [-0.1, -0.05) is 77.5 Å². The van der Waals surface area contributed by atoms with E-state index in [4.69, 9.17) is 9.47 Å². The summed E-state index contributed by atoms with van der Waals surface area (Å²) in [5.41, 5.74) is 0. The predicted molar refractivity (Wildman–Crippen MR) is 172 cm³/mol. The lowest BCUT2D eigenvalue weighted by Gasteiger charge is -2.41. The first kappa shape index (κ1) is 36.2. The van der Waals surface area contributed by atoms with Crippen LogP contribution in [0.2, 0.25) is 0 Å². The molecule has 0 bridgehead atoms. The second-order valence-electron chi connectivity index (χ2n) is 12.6. The Morgan fingerprint density at radius 3 is 2.26 bits per heavy atom. The highest BCUT2D eigenvalue weighted by Crippen LogP contribution is 2.29. The normalized spacial score (nSPS) is 21.8. The molecule has 7 atom stereocenters. The third-order valence-electron chi connectivity index (χ3n) is 9.46. The molecule has 1 aliphatic heterocycles. The fraction of sp³-hybridized carbons (Fsp3) is 0.765. The van der Waals surface area contributed by atoms with E-state index in [1.165, 1.54) is 0 Å². The number of methoxy groups -OCH3 is 2. The van der Waals surface area contributed by atoms with Gasteiger partial charge in [0, 0.05) is 45.9 Å². The van der Waals surface area contributed by atoms with E-state index in [0.29, 0.717) is 43.3 Å². The third kappa shape index (κ3) is 10.3. The Balaban J connectivity index is 2.07. The number of amides is 2. The van der Waals surface area contributed by atoms with Crippen LogP contribution in [0.4, 0.5) is 0 Å². The molecule has 1 heterocycles. The Bertz CT molecular complexity index is 888. The zero-order chi connectivity index (χ0) is 31.2. The first-order chi connectivity index (χ1) is 20.1. The van der Waals surface area contributed by atoms with Crippen molar-refractivity contribution in [3.63, 3.8) is 0 Å². The Kier molecular flexibility index (Phi) is 16.0. The largest absolute Gasteiger partial charge is 0.379 e. The van der Waals surface area contributed by atoms with Gasteiger partial charge in [-0.2, -0.15) is 0 Å². The van der Waals surface area contributed by atoms with Crippen LogP contribution in [0.15, 0.2) is 36.5 Å². The molecule has 0 aromatic carbocycles. The van der Waals surface area contributed by atoms with Crippen LogP contribution in [0.25, 0.3) is 0 Å². The van der Waals surface area contributed by atoms with Crippen LogP contribution in [-0.4, -0.2) is 99.9 Å². The minimum Gasteiger partial charge on any atom is -0.379 e. The molecule has 0 radical (unpaired) electrons. The average molecular weight is 589 g/mol. The molecular weight excluding hydrogens is 528 g/mol. The summed E-state index contributed by atoms with van der Waals surface area (Å²) in [7, 11) is 7.54. The zero-order valence-electron chi connectivity index (χ0n) is 27.8. The number of carbonyl (C=O) groups excluding carboxylic acids is 2. The molecule has 8 nitrogen and oxygen atoms in total. The number of likely N-dealkylation sites (N-methyl/N-ethyl adjacent to an activating group) is 2. The summed E-state index contributed by atoms with van der Waals surface area (Å²) in [5, 5.41) is 6.56. The maximum Gasteiger partial charge on any atom is 0.225 e. The van der Waals surface area contributed by atoms with Crippen molar-refractivity contribution in [2.45, 2.75) is 97.1 Å². The molecule has 1 fully saturated rings. The first-order valence-corrected chi connectivity index (χ1v) is 16.1. The van der Waals surface area contributed by atoms with E-state index < -0.39 is 0 Å². The highest BCUT2D eigenvalue weighted by molar-refractivity contribution is 5.80. The fourth-order valence-corrected chi connectivity index (χ4v) is 6.64. The predicted octanol–water partition coefficient (Wildman–Crippen LogP) is 4.43. The van der Waals surface area contributed by atoms with Crippen molar-refractivity contribution in [3.05, 3.63) is 36.5 Å². The highest BCUT2D eigenvalue weighted by Gasteiger charge is 2.41. The van der Waals surface area contributed by atoms with E-state index in [1.807, 2.05) is 43.2 Å².